The smallest absolute Gasteiger partial charge is 0.338 e. The number of benzene rings is 2. The van der Waals surface area contributed by atoms with Gasteiger partial charge in [-0.15, -0.1) is 0 Å². The van der Waals surface area contributed by atoms with Crippen molar-refractivity contribution in [3.63, 3.8) is 0 Å². The molecule has 2 aromatic rings. The van der Waals surface area contributed by atoms with Gasteiger partial charge in [0.15, 0.2) is 11.6 Å². The van der Waals surface area contributed by atoms with Crippen molar-refractivity contribution in [3.8, 4) is 16.9 Å². The molecule has 0 N–H and O–H groups in total. The molecule has 32 heavy (non-hydrogen) atoms. The zero-order valence-electron chi connectivity index (χ0n) is 19.6. The van der Waals surface area contributed by atoms with E-state index in [0.717, 1.165) is 32.1 Å². The summed E-state index contributed by atoms with van der Waals surface area (Å²) < 4.78 is 39.9. The highest BCUT2D eigenvalue weighted by Gasteiger charge is 2.16. The lowest BCUT2D eigenvalue weighted by Gasteiger charge is -2.11. The molecule has 0 aromatic heterocycles. The fourth-order valence-electron chi connectivity index (χ4n) is 3.36. The molecule has 0 aliphatic carbocycles. The van der Waals surface area contributed by atoms with Crippen molar-refractivity contribution < 1.29 is 23.0 Å². The first-order valence-corrected chi connectivity index (χ1v) is 11.9. The number of carbonyl (C=O) groups is 1. The van der Waals surface area contributed by atoms with Gasteiger partial charge >= 0.3 is 5.97 Å². The third kappa shape index (κ3) is 7.92. The number of hydrogen-bond donors (Lipinski definition) is 0. The average Bonchev–Trinajstić information content (AvgIpc) is 2.81. The summed E-state index contributed by atoms with van der Waals surface area (Å²) >= 11 is 0. The molecule has 176 valence electrons. The SMILES string of the molecule is CCCCCCCCOc1ccc(-c2ccc(C(=O)OCCC(C)CC)cc2)c(F)c1F. The molecule has 2 rings (SSSR count). The van der Waals surface area contributed by atoms with Gasteiger partial charge in [0.2, 0.25) is 5.82 Å². The molecule has 2 aromatic carbocycles. The molecular weight excluding hydrogens is 410 g/mol. The average molecular weight is 447 g/mol. The van der Waals surface area contributed by atoms with E-state index in [0.29, 0.717) is 30.3 Å². The Kier molecular flexibility index (Phi) is 11.2. The van der Waals surface area contributed by atoms with Crippen LogP contribution in [0.4, 0.5) is 8.78 Å². The van der Waals surface area contributed by atoms with Crippen LogP contribution >= 0.6 is 0 Å². The van der Waals surface area contributed by atoms with Crippen molar-refractivity contribution in [3.05, 3.63) is 53.6 Å². The molecule has 0 radical (unpaired) electrons. The number of esters is 1. The molecule has 5 heteroatoms. The van der Waals surface area contributed by atoms with Crippen LogP contribution in [0.15, 0.2) is 36.4 Å². The fraction of sp³-hybridized carbons (Fsp3) is 0.519. The van der Waals surface area contributed by atoms with Gasteiger partial charge in [-0.2, -0.15) is 4.39 Å². The van der Waals surface area contributed by atoms with Gasteiger partial charge in [0.05, 0.1) is 18.8 Å². The molecule has 0 saturated carbocycles. The quantitative estimate of drug-likeness (QED) is 0.218. The molecule has 0 spiro atoms. The molecule has 0 aliphatic heterocycles. The van der Waals surface area contributed by atoms with Crippen LogP contribution in [0.2, 0.25) is 0 Å². The first kappa shape index (κ1) is 25.8. The maximum absolute atomic E-state index is 14.7. The topological polar surface area (TPSA) is 35.5 Å². The number of halogens is 2. The summed E-state index contributed by atoms with van der Waals surface area (Å²) in [6, 6.07) is 9.30. The van der Waals surface area contributed by atoms with Crippen LogP contribution in [0.25, 0.3) is 11.1 Å². The maximum atomic E-state index is 14.7. The lowest BCUT2D eigenvalue weighted by Crippen LogP contribution is -2.08. The first-order chi connectivity index (χ1) is 15.5. The number of ether oxygens (including phenoxy) is 2. The van der Waals surface area contributed by atoms with Gasteiger partial charge in [0.25, 0.3) is 0 Å². The van der Waals surface area contributed by atoms with Gasteiger partial charge < -0.3 is 9.47 Å². The summed E-state index contributed by atoms with van der Waals surface area (Å²) in [5.74, 6) is -1.91. The zero-order valence-corrected chi connectivity index (χ0v) is 19.6. The molecule has 3 nitrogen and oxygen atoms in total. The maximum Gasteiger partial charge on any atom is 0.338 e. The first-order valence-electron chi connectivity index (χ1n) is 11.9. The molecule has 0 fully saturated rings. The van der Waals surface area contributed by atoms with Crippen molar-refractivity contribution >= 4 is 5.97 Å². The Labute approximate surface area is 191 Å². The number of carbonyl (C=O) groups excluding carboxylic acids is 1. The summed E-state index contributed by atoms with van der Waals surface area (Å²) in [5, 5.41) is 0. The van der Waals surface area contributed by atoms with Gasteiger partial charge in [-0.05, 0) is 48.6 Å². The normalized spacial score (nSPS) is 11.9. The standard InChI is InChI=1S/C27H36F2O3/c1-4-6-7-8-9-10-18-31-24-16-15-23(25(28)26(24)29)21-11-13-22(14-12-21)27(30)32-19-17-20(3)5-2/h11-16,20H,4-10,17-19H2,1-3H3. The van der Waals surface area contributed by atoms with E-state index in [4.69, 9.17) is 9.47 Å². The van der Waals surface area contributed by atoms with Gasteiger partial charge in [-0.25, -0.2) is 9.18 Å². The summed E-state index contributed by atoms with van der Waals surface area (Å²) in [6.07, 6.45) is 8.45. The van der Waals surface area contributed by atoms with Crippen LogP contribution in [0.1, 0.15) is 82.5 Å². The molecule has 0 saturated heterocycles. The molecule has 1 unspecified atom stereocenters. The van der Waals surface area contributed by atoms with E-state index < -0.39 is 17.6 Å². The summed E-state index contributed by atoms with van der Waals surface area (Å²) in [6.45, 7) is 7.12. The van der Waals surface area contributed by atoms with E-state index in [1.165, 1.54) is 31.4 Å². The van der Waals surface area contributed by atoms with E-state index >= 15 is 0 Å². The Balaban J connectivity index is 1.92. The molecule has 0 amide bonds. The number of hydrogen-bond acceptors (Lipinski definition) is 3. The zero-order chi connectivity index (χ0) is 23.3. The van der Waals surface area contributed by atoms with E-state index in [9.17, 15) is 13.6 Å². The van der Waals surface area contributed by atoms with Crippen molar-refractivity contribution in [2.75, 3.05) is 13.2 Å². The van der Waals surface area contributed by atoms with E-state index in [1.54, 1.807) is 24.3 Å². The lowest BCUT2D eigenvalue weighted by atomic mass is 10.0. The van der Waals surface area contributed by atoms with Crippen LogP contribution in [0.5, 0.6) is 5.75 Å². The third-order valence-electron chi connectivity index (χ3n) is 5.77. The molecule has 0 heterocycles. The van der Waals surface area contributed by atoms with E-state index in [-0.39, 0.29) is 11.3 Å². The molecule has 0 aliphatic rings. The van der Waals surface area contributed by atoms with Gasteiger partial charge in [0.1, 0.15) is 0 Å². The van der Waals surface area contributed by atoms with E-state index in [2.05, 4.69) is 20.8 Å². The Morgan fingerprint density at radius 2 is 1.56 bits per heavy atom. The summed E-state index contributed by atoms with van der Waals surface area (Å²) in [5.41, 5.74) is 1.00. The van der Waals surface area contributed by atoms with Gasteiger partial charge in [-0.1, -0.05) is 71.4 Å². The lowest BCUT2D eigenvalue weighted by molar-refractivity contribution is 0.0485. The van der Waals surface area contributed by atoms with Gasteiger partial charge in [0, 0.05) is 5.56 Å². The second-order valence-electron chi connectivity index (χ2n) is 8.37. The minimum Gasteiger partial charge on any atom is -0.490 e. The van der Waals surface area contributed by atoms with Crippen molar-refractivity contribution in [1.82, 2.24) is 0 Å². The van der Waals surface area contributed by atoms with Crippen LogP contribution in [-0.2, 0) is 4.74 Å². The third-order valence-corrected chi connectivity index (χ3v) is 5.77. The van der Waals surface area contributed by atoms with Crippen molar-refractivity contribution in [2.45, 2.75) is 72.1 Å². The highest BCUT2D eigenvalue weighted by molar-refractivity contribution is 5.90. The van der Waals surface area contributed by atoms with Gasteiger partial charge in [-0.3, -0.25) is 0 Å². The minimum atomic E-state index is -0.984. The van der Waals surface area contributed by atoms with Crippen molar-refractivity contribution in [1.29, 1.82) is 0 Å². The Hall–Kier alpha value is -2.43. The Bertz CT molecular complexity index is 834. The Morgan fingerprint density at radius 3 is 2.25 bits per heavy atom. The monoisotopic (exact) mass is 446 g/mol. The molecule has 0 bridgehead atoms. The Morgan fingerprint density at radius 1 is 0.875 bits per heavy atom. The number of rotatable bonds is 14. The summed E-state index contributed by atoms with van der Waals surface area (Å²) in [4.78, 5) is 12.2. The van der Waals surface area contributed by atoms with Crippen LogP contribution in [-0.4, -0.2) is 19.2 Å². The van der Waals surface area contributed by atoms with Crippen LogP contribution in [0.3, 0.4) is 0 Å². The highest BCUT2D eigenvalue weighted by atomic mass is 19.2. The van der Waals surface area contributed by atoms with Crippen LogP contribution < -0.4 is 4.74 Å². The summed E-state index contributed by atoms with van der Waals surface area (Å²) in [7, 11) is 0. The molecule has 1 atom stereocenters. The predicted octanol–water partition coefficient (Wildman–Crippen LogP) is 7.96. The van der Waals surface area contributed by atoms with Crippen LogP contribution in [0, 0.1) is 17.6 Å². The predicted molar refractivity (Wildman–Crippen MR) is 125 cm³/mol. The second kappa shape index (κ2) is 13.9. The minimum absolute atomic E-state index is 0.0682. The second-order valence-corrected chi connectivity index (χ2v) is 8.37. The number of unbranched alkanes of at least 4 members (excludes halogenated alkanes) is 5. The van der Waals surface area contributed by atoms with E-state index in [1.807, 2.05) is 0 Å². The largest absolute Gasteiger partial charge is 0.490 e. The van der Waals surface area contributed by atoms with Crippen molar-refractivity contribution in [2.24, 2.45) is 5.92 Å². The molecular formula is C27H36F2O3. The fourth-order valence-corrected chi connectivity index (χ4v) is 3.36. The highest BCUT2D eigenvalue weighted by Crippen LogP contribution is 2.30.